The first-order chi connectivity index (χ1) is 11.6. The fraction of sp³-hybridized carbons (Fsp3) is 0.412. The van der Waals surface area contributed by atoms with E-state index in [2.05, 4.69) is 19.8 Å². The number of halogens is 2. The monoisotopic (exact) mass is 334 g/mol. The van der Waals surface area contributed by atoms with Gasteiger partial charge in [-0.2, -0.15) is 0 Å². The lowest BCUT2D eigenvalue weighted by Crippen LogP contribution is -2.53. The maximum absolute atomic E-state index is 13.3. The summed E-state index contributed by atoms with van der Waals surface area (Å²) in [7, 11) is 0. The van der Waals surface area contributed by atoms with E-state index in [0.717, 1.165) is 24.2 Å². The summed E-state index contributed by atoms with van der Waals surface area (Å²) in [5.41, 5.74) is 1.60. The number of pyridine rings is 2. The number of aliphatic hydroxyl groups is 1. The molecule has 0 aliphatic carbocycles. The van der Waals surface area contributed by atoms with Crippen LogP contribution < -0.4 is 0 Å². The van der Waals surface area contributed by atoms with E-state index in [0.29, 0.717) is 19.6 Å². The molecule has 24 heavy (non-hydrogen) atoms. The summed E-state index contributed by atoms with van der Waals surface area (Å²) in [5, 5.41) is 9.69. The quantitative estimate of drug-likeness (QED) is 0.897. The molecule has 0 radical (unpaired) electrons. The Bertz CT molecular complexity index is 685. The summed E-state index contributed by atoms with van der Waals surface area (Å²) in [6, 6.07) is 2.89. The molecule has 1 atom stereocenters. The van der Waals surface area contributed by atoms with Crippen molar-refractivity contribution in [3.05, 3.63) is 59.7 Å². The van der Waals surface area contributed by atoms with Gasteiger partial charge in [-0.25, -0.2) is 8.78 Å². The Morgan fingerprint density at radius 1 is 0.958 bits per heavy atom. The third kappa shape index (κ3) is 4.31. The van der Waals surface area contributed by atoms with Crippen molar-refractivity contribution in [2.24, 2.45) is 0 Å². The minimum Gasteiger partial charge on any atom is -0.395 e. The first-order valence-corrected chi connectivity index (χ1v) is 7.90. The predicted octanol–water partition coefficient (Wildman–Crippen LogP) is 1.43. The van der Waals surface area contributed by atoms with Gasteiger partial charge in [0, 0.05) is 51.2 Å². The minimum absolute atomic E-state index is 0.0145. The van der Waals surface area contributed by atoms with E-state index in [1.54, 1.807) is 12.4 Å². The second-order valence-corrected chi connectivity index (χ2v) is 6.06. The first-order valence-electron chi connectivity index (χ1n) is 7.90. The summed E-state index contributed by atoms with van der Waals surface area (Å²) >= 11 is 0. The molecule has 0 saturated carbocycles. The molecule has 1 N–H and O–H groups in total. The van der Waals surface area contributed by atoms with E-state index in [9.17, 15) is 13.9 Å². The number of aromatic nitrogens is 2. The summed E-state index contributed by atoms with van der Waals surface area (Å²) in [5.74, 6) is -0.700. The molecule has 1 aliphatic rings. The Morgan fingerprint density at radius 2 is 1.58 bits per heavy atom. The Hall–Kier alpha value is -1.96. The molecular weight excluding hydrogens is 314 g/mol. The van der Waals surface area contributed by atoms with Gasteiger partial charge in [0.1, 0.15) is 11.6 Å². The number of hydrogen-bond acceptors (Lipinski definition) is 5. The lowest BCUT2D eigenvalue weighted by atomic mass is 10.1. The van der Waals surface area contributed by atoms with Gasteiger partial charge in [-0.1, -0.05) is 0 Å². The molecule has 0 amide bonds. The van der Waals surface area contributed by atoms with Crippen molar-refractivity contribution >= 4 is 0 Å². The van der Waals surface area contributed by atoms with Crippen LogP contribution in [-0.2, 0) is 13.1 Å². The van der Waals surface area contributed by atoms with Crippen molar-refractivity contribution in [1.29, 1.82) is 0 Å². The summed E-state index contributed by atoms with van der Waals surface area (Å²) in [6.07, 6.45) is 5.66. The van der Waals surface area contributed by atoms with Crippen molar-refractivity contribution in [2.45, 2.75) is 19.1 Å². The predicted molar refractivity (Wildman–Crippen MR) is 85.0 cm³/mol. The Kier molecular flexibility index (Phi) is 5.44. The highest BCUT2D eigenvalue weighted by molar-refractivity contribution is 5.12. The van der Waals surface area contributed by atoms with Crippen LogP contribution in [0.3, 0.4) is 0 Å². The molecule has 3 heterocycles. The SMILES string of the molecule is OCC1CN(Cc2cncc(F)c2)CCN1Cc1cncc(F)c1. The number of nitrogens with zero attached hydrogens (tertiary/aromatic N) is 4. The van der Waals surface area contributed by atoms with Gasteiger partial charge in [0.25, 0.3) is 0 Å². The topological polar surface area (TPSA) is 52.5 Å². The number of aliphatic hydroxyl groups excluding tert-OH is 1. The molecular formula is C17H20F2N4O. The van der Waals surface area contributed by atoms with Crippen molar-refractivity contribution in [3.63, 3.8) is 0 Å². The first kappa shape index (κ1) is 16.9. The van der Waals surface area contributed by atoms with Gasteiger partial charge in [0.05, 0.1) is 19.0 Å². The third-order valence-electron chi connectivity index (χ3n) is 4.21. The minimum atomic E-state index is -0.356. The smallest absolute Gasteiger partial charge is 0.141 e. The molecule has 1 aliphatic heterocycles. The van der Waals surface area contributed by atoms with Gasteiger partial charge in [-0.3, -0.25) is 19.8 Å². The summed E-state index contributed by atoms with van der Waals surface area (Å²) in [6.45, 7) is 3.35. The van der Waals surface area contributed by atoms with Crippen molar-refractivity contribution in [1.82, 2.24) is 19.8 Å². The fourth-order valence-corrected chi connectivity index (χ4v) is 3.06. The molecule has 1 unspecified atom stereocenters. The van der Waals surface area contributed by atoms with Crippen LogP contribution in [0.2, 0.25) is 0 Å². The number of piperazine rings is 1. The molecule has 2 aromatic heterocycles. The molecule has 1 saturated heterocycles. The van der Waals surface area contributed by atoms with Gasteiger partial charge in [0.2, 0.25) is 0 Å². The van der Waals surface area contributed by atoms with Gasteiger partial charge >= 0.3 is 0 Å². The lowest BCUT2D eigenvalue weighted by molar-refractivity contribution is 0.0314. The lowest BCUT2D eigenvalue weighted by Gasteiger charge is -2.40. The molecule has 0 bridgehead atoms. The highest BCUT2D eigenvalue weighted by atomic mass is 19.1. The van der Waals surface area contributed by atoms with Crippen LogP contribution in [0.1, 0.15) is 11.1 Å². The maximum Gasteiger partial charge on any atom is 0.141 e. The van der Waals surface area contributed by atoms with Crippen LogP contribution in [0.4, 0.5) is 8.78 Å². The molecule has 0 aromatic carbocycles. The zero-order valence-corrected chi connectivity index (χ0v) is 13.3. The van der Waals surface area contributed by atoms with Crippen LogP contribution in [0, 0.1) is 11.6 Å². The zero-order valence-electron chi connectivity index (χ0n) is 13.3. The largest absolute Gasteiger partial charge is 0.395 e. The Balaban J connectivity index is 1.61. The third-order valence-corrected chi connectivity index (χ3v) is 4.21. The summed E-state index contributed by atoms with van der Waals surface area (Å²) in [4.78, 5) is 12.0. The van der Waals surface area contributed by atoms with E-state index in [1.165, 1.54) is 24.5 Å². The number of hydrogen-bond donors (Lipinski definition) is 1. The van der Waals surface area contributed by atoms with Crippen LogP contribution in [0.15, 0.2) is 36.9 Å². The molecule has 7 heteroatoms. The van der Waals surface area contributed by atoms with E-state index in [4.69, 9.17) is 0 Å². The molecule has 5 nitrogen and oxygen atoms in total. The van der Waals surface area contributed by atoms with E-state index in [1.807, 2.05) is 0 Å². The van der Waals surface area contributed by atoms with Crippen LogP contribution in [-0.4, -0.2) is 57.2 Å². The molecule has 1 fully saturated rings. The normalized spacial score (nSPS) is 19.5. The number of rotatable bonds is 5. The van der Waals surface area contributed by atoms with Gasteiger partial charge in [-0.15, -0.1) is 0 Å². The molecule has 3 rings (SSSR count). The zero-order chi connectivity index (χ0) is 16.9. The van der Waals surface area contributed by atoms with Gasteiger partial charge < -0.3 is 5.11 Å². The van der Waals surface area contributed by atoms with Crippen LogP contribution in [0.5, 0.6) is 0 Å². The van der Waals surface area contributed by atoms with Crippen molar-refractivity contribution in [3.8, 4) is 0 Å². The molecule has 0 spiro atoms. The molecule has 128 valence electrons. The van der Waals surface area contributed by atoms with Crippen molar-refractivity contribution in [2.75, 3.05) is 26.2 Å². The standard InChI is InChI=1S/C17H20F2N4O/c18-15-3-13(5-20-7-15)9-22-1-2-23(17(11-22)12-24)10-14-4-16(19)8-21-6-14/h3-8,17,24H,1-2,9-12H2. The van der Waals surface area contributed by atoms with Gasteiger partial charge in [0.15, 0.2) is 0 Å². The average molecular weight is 334 g/mol. The van der Waals surface area contributed by atoms with E-state index >= 15 is 0 Å². The van der Waals surface area contributed by atoms with E-state index < -0.39 is 0 Å². The van der Waals surface area contributed by atoms with Gasteiger partial charge in [-0.05, 0) is 23.3 Å². The fourth-order valence-electron chi connectivity index (χ4n) is 3.06. The van der Waals surface area contributed by atoms with Crippen LogP contribution in [0.25, 0.3) is 0 Å². The highest BCUT2D eigenvalue weighted by Crippen LogP contribution is 2.16. The average Bonchev–Trinajstić information content (AvgIpc) is 2.56. The van der Waals surface area contributed by atoms with Crippen LogP contribution >= 0.6 is 0 Å². The second kappa shape index (κ2) is 7.74. The second-order valence-electron chi connectivity index (χ2n) is 6.06. The Morgan fingerprint density at radius 3 is 2.17 bits per heavy atom. The molecule has 2 aromatic rings. The van der Waals surface area contributed by atoms with E-state index in [-0.39, 0.29) is 24.3 Å². The van der Waals surface area contributed by atoms with Crippen molar-refractivity contribution < 1.29 is 13.9 Å². The Labute approximate surface area is 139 Å². The maximum atomic E-state index is 13.3. The highest BCUT2D eigenvalue weighted by Gasteiger charge is 2.26. The summed E-state index contributed by atoms with van der Waals surface area (Å²) < 4.78 is 26.5.